The van der Waals surface area contributed by atoms with Crippen molar-refractivity contribution in [3.8, 4) is 16.9 Å². The Balaban J connectivity index is 1.36. The number of benzene rings is 5. The number of aliphatic hydroxyl groups is 1. The van der Waals surface area contributed by atoms with Crippen molar-refractivity contribution in [2.24, 2.45) is 40.9 Å². The lowest BCUT2D eigenvalue weighted by atomic mass is 9.98. The summed E-state index contributed by atoms with van der Waals surface area (Å²) in [4.78, 5) is 256. The van der Waals surface area contributed by atoms with Gasteiger partial charge in [0.1, 0.15) is 90.3 Å². The van der Waals surface area contributed by atoms with Gasteiger partial charge in [-0.1, -0.05) is 171 Å². The minimum absolute atomic E-state index is 0.00544. The number of guanidine groups is 2. The van der Waals surface area contributed by atoms with Gasteiger partial charge in [-0.25, -0.2) is 0 Å². The number of fused-ring (bicyclic) bond motifs is 1. The highest BCUT2D eigenvalue weighted by molar-refractivity contribution is 8.00. The van der Waals surface area contributed by atoms with Crippen LogP contribution in [-0.2, 0) is 107 Å². The molecule has 1 aromatic heterocycles. The number of phenols is 1. The van der Waals surface area contributed by atoms with Crippen LogP contribution in [0, 0.1) is 34.5 Å². The molecule has 1 aliphatic heterocycles. The van der Waals surface area contributed by atoms with E-state index in [1.54, 1.807) is 127 Å². The summed E-state index contributed by atoms with van der Waals surface area (Å²) in [5.41, 5.74) is 20.7. The number of aromatic hydroxyl groups is 1. The predicted octanol–water partition coefficient (Wildman–Crippen LogP) is -0.563. The first-order valence-corrected chi connectivity index (χ1v) is 48.2. The molecule has 1 saturated heterocycles. The van der Waals surface area contributed by atoms with Gasteiger partial charge in [-0.15, -0.1) is 11.8 Å². The van der Waals surface area contributed by atoms with Crippen molar-refractivity contribution in [1.82, 2.24) is 94.5 Å². The number of para-hydroxylation sites is 1. The van der Waals surface area contributed by atoms with Gasteiger partial charge in [0, 0.05) is 75.7 Å². The number of likely N-dealkylation sites (N-methyl/N-ethyl adjacent to an activating group) is 2. The van der Waals surface area contributed by atoms with Gasteiger partial charge in [-0.05, 0) is 128 Å². The molecule has 0 unspecified atom stereocenters. The lowest BCUT2D eigenvalue weighted by Gasteiger charge is -2.35. The largest absolute Gasteiger partial charge is 0.508 e. The summed E-state index contributed by atoms with van der Waals surface area (Å²) in [6.45, 7) is 14.8. The van der Waals surface area contributed by atoms with Gasteiger partial charge in [0.15, 0.2) is 11.9 Å². The lowest BCUT2D eigenvalue weighted by molar-refractivity contribution is -0.148. The van der Waals surface area contributed by atoms with E-state index in [1.807, 2.05) is 30.3 Å². The Hall–Kier alpha value is -14.7. The number of hydrogen-bond donors (Lipinski definition) is 24. The van der Waals surface area contributed by atoms with Crippen molar-refractivity contribution in [3.05, 3.63) is 162 Å². The molecule has 1 aliphatic rings. The van der Waals surface area contributed by atoms with Crippen molar-refractivity contribution < 1.29 is 96.8 Å². The van der Waals surface area contributed by atoms with Crippen LogP contribution in [-0.4, -0.2) is 278 Å². The number of aliphatic carboxylic acids is 1. The standard InChI is InChI=1S/C98H137N23O20S/c1-52(2)41-69-85(130)112-71(44-60-33-37-64(123)38-34-60)87(132)114-74(47-79(126)127)88(133)113-73(46-63-48-106-66-28-20-19-27-65(63)66)90(135)117-80(54(5)6)92(137)115-72(43-59-31-35-62(36-32-59)61-25-17-14-18-26-61)86(131)110-68(30-22-40-105-98(102)103)96(141)120(11)56(9)95(140)121(12)76(45-58-23-15-13-16-24-58)91(136)109-67(29-21-39-104-97(100)101)84(129)111-70(42-53(3)4)89(134)118-81(55(7)8)93(138)119-82(57(10)122)94(139)116-75(50-142-51-78(125)108-69)83(128)107-49-77(99)124/h13-20,23-28,31-38,48,52-57,67-76,80-82,106,122-123H,21-22,29-30,39-47,49-51H2,1-12H3,(H2,99,124)(H,107,128)(H,108,125)(H,109,136)(H,110,131)(H,111,129)(H,112,130)(H,113,133)(H,114,132)(H,115,137)(H,116,139)(H,117,135)(H,118,134)(H,119,138)(H,126,127)(H4,100,101,104)(H4,102,103,105)/t56-,57+,67-,68-,69-,70-,71-,72-,73-,74-,75-,76-,80-,81-,82-/m0/s1. The number of carbonyl (C=O) groups is 17. The number of H-pyrrole nitrogens is 1. The number of hydrogen-bond acceptors (Lipinski definition) is 22. The van der Waals surface area contributed by atoms with Gasteiger partial charge in [-0.3, -0.25) is 92.3 Å². The molecule has 2 heterocycles. The number of thioether (sulfide) groups is 1. The van der Waals surface area contributed by atoms with Gasteiger partial charge in [-0.2, -0.15) is 0 Å². The number of nitrogens with zero attached hydrogens (tertiary/aromatic N) is 2. The van der Waals surface area contributed by atoms with Crippen LogP contribution in [0.1, 0.15) is 136 Å². The second-order valence-corrected chi connectivity index (χ2v) is 37.8. The molecule has 27 N–H and O–H groups in total. The SMILES string of the molecule is CC(C)C[C@@H]1NC(=O)CSC[C@@H](C(=O)NCC(N)=O)NC(=O)[C@H]([C@@H](C)O)NC(=O)[C@H](C(C)C)NC(=O)[C@H](CC(C)C)NC(=O)[C@H](CCCNC(=N)N)NC(=O)[C@H](Cc2ccccc2)N(C)C(=O)[C@H](C)N(C)C(=O)[C@H](CCCNC(=N)N)NC(=O)[C@H](Cc2ccc(-c3ccccc3)cc2)NC(=O)[C@H](C(C)C)NC(=O)[C@H](Cc2c[nH]c3ccccc23)NC(=O)[C@H](CC(=O)O)NC(=O)[C@H](Cc2ccc(O)cc2)NC1=O. The Morgan fingerprint density at radius 3 is 1.41 bits per heavy atom. The van der Waals surface area contributed by atoms with Crippen molar-refractivity contribution in [3.63, 3.8) is 0 Å². The quantitative estimate of drug-likeness (QED) is 0.0159. The van der Waals surface area contributed by atoms with Crippen LogP contribution in [0.15, 0.2) is 140 Å². The second kappa shape index (κ2) is 55.9. The third-order valence-electron chi connectivity index (χ3n) is 23.6. The van der Waals surface area contributed by atoms with Gasteiger partial charge in [0.05, 0.1) is 24.8 Å². The van der Waals surface area contributed by atoms with E-state index in [9.17, 15) is 53.7 Å². The van der Waals surface area contributed by atoms with E-state index >= 15 is 43.2 Å². The average Bonchev–Trinajstić information content (AvgIpc) is 1.56. The molecular weight excluding hydrogens is 1850 g/mol. The summed E-state index contributed by atoms with van der Waals surface area (Å²) in [6.07, 6.45) is -3.17. The smallest absolute Gasteiger partial charge is 0.305 e. The number of aliphatic hydroxyl groups excluding tert-OH is 1. The van der Waals surface area contributed by atoms with Crippen LogP contribution in [0.3, 0.4) is 0 Å². The van der Waals surface area contributed by atoms with E-state index in [0.29, 0.717) is 33.2 Å². The van der Waals surface area contributed by atoms with E-state index in [0.717, 1.165) is 39.6 Å². The summed E-state index contributed by atoms with van der Waals surface area (Å²) in [5.74, 6) is -22.2. The van der Waals surface area contributed by atoms with Crippen LogP contribution >= 0.6 is 11.8 Å². The minimum Gasteiger partial charge on any atom is -0.508 e. The van der Waals surface area contributed by atoms with Gasteiger partial charge < -0.3 is 127 Å². The molecule has 0 spiro atoms. The number of nitrogens with two attached hydrogens (primary N) is 3. The number of aromatic nitrogens is 1. The molecule has 1 fully saturated rings. The topological polar surface area (TPSA) is 679 Å². The molecule has 7 rings (SSSR count). The zero-order valence-corrected chi connectivity index (χ0v) is 82.7. The van der Waals surface area contributed by atoms with Crippen LogP contribution in [0.5, 0.6) is 5.75 Å². The van der Waals surface area contributed by atoms with E-state index in [-0.39, 0.29) is 88.5 Å². The minimum atomic E-state index is -2.07. The number of phenolic OH excluding ortho intramolecular Hbond substituents is 1. The molecule has 0 bridgehead atoms. The fourth-order valence-electron chi connectivity index (χ4n) is 15.7. The van der Waals surface area contributed by atoms with E-state index in [1.165, 1.54) is 59.1 Å². The maximum atomic E-state index is 15.6. The van der Waals surface area contributed by atoms with Crippen LogP contribution in [0.2, 0.25) is 0 Å². The van der Waals surface area contributed by atoms with Crippen molar-refractivity contribution in [2.45, 2.75) is 231 Å². The number of nitrogens with one attached hydrogen (secondary N) is 18. The molecule has 6 aromatic rings. The number of primary amides is 1. The highest BCUT2D eigenvalue weighted by atomic mass is 32.2. The average molecular weight is 1990 g/mol. The van der Waals surface area contributed by atoms with Crippen molar-refractivity contribution >= 4 is 135 Å². The van der Waals surface area contributed by atoms with Crippen LogP contribution in [0.25, 0.3) is 22.0 Å². The van der Waals surface area contributed by atoms with Crippen LogP contribution in [0.4, 0.5) is 0 Å². The van der Waals surface area contributed by atoms with E-state index in [2.05, 4.69) is 84.7 Å². The third kappa shape index (κ3) is 36.5. The molecule has 770 valence electrons. The molecule has 15 atom stereocenters. The monoisotopic (exact) mass is 1990 g/mol. The van der Waals surface area contributed by atoms with Crippen LogP contribution < -0.4 is 97.0 Å². The molecule has 0 saturated carbocycles. The highest BCUT2D eigenvalue weighted by Crippen LogP contribution is 2.25. The fourth-order valence-corrected chi connectivity index (χ4v) is 16.6. The zero-order valence-electron chi connectivity index (χ0n) is 81.9. The fraction of sp³-hybridized carbons (Fsp3) is 0.480. The Kier molecular flexibility index (Phi) is 45.0. The number of aromatic amines is 1. The van der Waals surface area contributed by atoms with Crippen molar-refractivity contribution in [1.29, 1.82) is 10.8 Å². The summed E-state index contributed by atoms with van der Waals surface area (Å²) in [5, 5.41) is 87.7. The maximum Gasteiger partial charge on any atom is 0.305 e. The molecule has 0 radical (unpaired) electrons. The Morgan fingerprint density at radius 1 is 0.451 bits per heavy atom. The molecule has 0 aliphatic carbocycles. The second-order valence-electron chi connectivity index (χ2n) is 36.8. The first-order chi connectivity index (χ1) is 67.2. The molecule has 142 heavy (non-hydrogen) atoms. The number of carbonyl (C=O) groups excluding carboxylic acids is 16. The van der Waals surface area contributed by atoms with E-state index in [4.69, 9.17) is 28.0 Å². The normalized spacial score (nSPS) is 22.8. The first kappa shape index (κ1) is 114. The maximum absolute atomic E-state index is 15.6. The molecule has 16 amide bonds. The van der Waals surface area contributed by atoms with E-state index < -0.39 is 246 Å². The molecule has 44 heteroatoms. The lowest BCUT2D eigenvalue weighted by Crippen LogP contribution is -2.62. The number of carboxylic acid groups (broad SMARTS) is 1. The Labute approximate surface area is 828 Å². The van der Waals surface area contributed by atoms with Gasteiger partial charge in [0.2, 0.25) is 94.5 Å². The zero-order chi connectivity index (χ0) is 105. The molecule has 43 nitrogen and oxygen atoms in total. The number of carboxylic acids is 1. The molecular formula is C98H137N23O20S. The Morgan fingerprint density at radius 2 is 0.873 bits per heavy atom. The predicted molar refractivity (Wildman–Crippen MR) is 532 cm³/mol. The summed E-state index contributed by atoms with van der Waals surface area (Å²) < 4.78 is 0. The Bertz CT molecular complexity index is 5380. The number of rotatable bonds is 29. The third-order valence-corrected chi connectivity index (χ3v) is 24.7. The first-order valence-electron chi connectivity index (χ1n) is 47.1. The van der Waals surface area contributed by atoms with Gasteiger partial charge in [0.25, 0.3) is 0 Å². The summed E-state index contributed by atoms with van der Waals surface area (Å²) >= 11 is 0.719. The van der Waals surface area contributed by atoms with Gasteiger partial charge >= 0.3 is 5.97 Å². The summed E-state index contributed by atoms with van der Waals surface area (Å²) in [6, 6.07) is 14.1. The van der Waals surface area contributed by atoms with Crippen molar-refractivity contribution in [2.75, 3.05) is 45.2 Å². The highest BCUT2D eigenvalue weighted by Gasteiger charge is 2.43. The molecule has 5 aromatic carbocycles. The summed E-state index contributed by atoms with van der Waals surface area (Å²) in [7, 11) is 2.58. The number of amides is 16.